The summed E-state index contributed by atoms with van der Waals surface area (Å²) in [5.41, 5.74) is 3.03. The van der Waals surface area contributed by atoms with Crippen LogP contribution in [0, 0.1) is 6.92 Å². The maximum absolute atomic E-state index is 11.7. The van der Waals surface area contributed by atoms with E-state index >= 15 is 0 Å². The predicted octanol–water partition coefficient (Wildman–Crippen LogP) is 1.65. The average Bonchev–Trinajstić information content (AvgIpc) is 2.94. The molecule has 0 atom stereocenters. The van der Waals surface area contributed by atoms with E-state index in [-0.39, 0.29) is 5.91 Å². The molecule has 0 aliphatic rings. The molecule has 0 fully saturated rings. The molecular formula is C16H19N3O3. The van der Waals surface area contributed by atoms with Gasteiger partial charge < -0.3 is 15.0 Å². The average molecular weight is 301 g/mol. The molecule has 1 amide bonds. The minimum absolute atomic E-state index is 0.0910. The van der Waals surface area contributed by atoms with Crippen LogP contribution < -0.4 is 5.32 Å². The van der Waals surface area contributed by atoms with E-state index in [1.54, 1.807) is 6.08 Å². The van der Waals surface area contributed by atoms with Crippen molar-refractivity contribution in [2.45, 2.75) is 19.8 Å². The fourth-order valence-corrected chi connectivity index (χ4v) is 2.06. The summed E-state index contributed by atoms with van der Waals surface area (Å²) in [6.45, 7) is 2.31. The molecule has 0 unspecified atom stereocenters. The van der Waals surface area contributed by atoms with Crippen LogP contribution in [0.5, 0.6) is 0 Å². The Hall–Kier alpha value is -2.63. The van der Waals surface area contributed by atoms with Gasteiger partial charge in [0.1, 0.15) is 5.82 Å². The highest BCUT2D eigenvalue weighted by Gasteiger charge is 2.07. The van der Waals surface area contributed by atoms with Crippen molar-refractivity contribution in [1.29, 1.82) is 0 Å². The summed E-state index contributed by atoms with van der Waals surface area (Å²) in [6, 6.07) is 5.95. The fraction of sp³-hybridized carbons (Fsp3) is 0.312. The number of ether oxygens (including phenoxy) is 1. The molecule has 6 heteroatoms. The maximum atomic E-state index is 11.7. The Morgan fingerprint density at radius 3 is 2.95 bits per heavy atom. The Morgan fingerprint density at radius 2 is 2.23 bits per heavy atom. The molecule has 2 N–H and O–H groups in total. The summed E-state index contributed by atoms with van der Waals surface area (Å²) < 4.78 is 4.45. The van der Waals surface area contributed by atoms with Crippen molar-refractivity contribution >= 4 is 22.9 Å². The first-order valence-corrected chi connectivity index (χ1v) is 7.05. The number of benzene rings is 1. The smallest absolute Gasteiger partial charge is 0.330 e. The second-order valence-corrected chi connectivity index (χ2v) is 4.88. The largest absolute Gasteiger partial charge is 0.466 e. The highest BCUT2D eigenvalue weighted by atomic mass is 16.5. The number of aromatic nitrogens is 2. The van der Waals surface area contributed by atoms with Gasteiger partial charge in [0, 0.05) is 25.5 Å². The summed E-state index contributed by atoms with van der Waals surface area (Å²) in [5.74, 6) is 0.267. The van der Waals surface area contributed by atoms with Crippen LogP contribution in [0.25, 0.3) is 11.0 Å². The number of nitrogens with one attached hydrogen (secondary N) is 2. The van der Waals surface area contributed by atoms with Crippen molar-refractivity contribution in [1.82, 2.24) is 15.3 Å². The Labute approximate surface area is 128 Å². The van der Waals surface area contributed by atoms with Gasteiger partial charge in [0.25, 0.3) is 0 Å². The summed E-state index contributed by atoms with van der Waals surface area (Å²) in [5, 5.41) is 2.70. The van der Waals surface area contributed by atoms with E-state index in [0.29, 0.717) is 19.4 Å². The molecule has 116 valence electrons. The van der Waals surface area contributed by atoms with E-state index in [9.17, 15) is 9.59 Å². The number of imidazole rings is 1. The zero-order chi connectivity index (χ0) is 15.9. The SMILES string of the molecule is COC(=O)/C=C/CNC(=O)CCc1nc2c(C)cccc2[nH]1. The fourth-order valence-electron chi connectivity index (χ4n) is 2.06. The normalized spacial score (nSPS) is 11.0. The third kappa shape index (κ3) is 4.18. The number of nitrogens with zero attached hydrogens (tertiary/aromatic N) is 1. The molecule has 0 aliphatic heterocycles. The Morgan fingerprint density at radius 1 is 1.41 bits per heavy atom. The predicted molar refractivity (Wildman–Crippen MR) is 83.3 cm³/mol. The number of amides is 1. The zero-order valence-electron chi connectivity index (χ0n) is 12.7. The minimum Gasteiger partial charge on any atom is -0.466 e. The van der Waals surface area contributed by atoms with Crippen molar-refractivity contribution in [3.8, 4) is 0 Å². The van der Waals surface area contributed by atoms with Gasteiger partial charge in [-0.2, -0.15) is 0 Å². The summed E-state index contributed by atoms with van der Waals surface area (Å²) in [7, 11) is 1.31. The van der Waals surface area contributed by atoms with Gasteiger partial charge in [0.2, 0.25) is 5.91 Å². The van der Waals surface area contributed by atoms with Gasteiger partial charge in [-0.25, -0.2) is 9.78 Å². The number of hydrogen-bond donors (Lipinski definition) is 2. The molecule has 0 radical (unpaired) electrons. The van der Waals surface area contributed by atoms with Gasteiger partial charge in [0.05, 0.1) is 18.1 Å². The molecule has 2 rings (SSSR count). The third-order valence-corrected chi connectivity index (χ3v) is 3.22. The van der Waals surface area contributed by atoms with Crippen molar-refractivity contribution in [2.75, 3.05) is 13.7 Å². The molecule has 0 saturated carbocycles. The summed E-state index contributed by atoms with van der Waals surface area (Å²) >= 11 is 0. The van der Waals surface area contributed by atoms with E-state index in [0.717, 1.165) is 22.4 Å². The standard InChI is InChI=1S/C16H19N3O3/c1-11-5-3-6-12-16(11)19-13(18-12)8-9-14(20)17-10-4-7-15(21)22-2/h3-7H,8-10H2,1-2H3,(H,17,20)(H,18,19)/b7-4+. The highest BCUT2D eigenvalue weighted by Crippen LogP contribution is 2.15. The Kier molecular flexibility index (Phi) is 5.30. The first kappa shape index (κ1) is 15.8. The third-order valence-electron chi connectivity index (χ3n) is 3.22. The van der Waals surface area contributed by atoms with E-state index in [1.165, 1.54) is 13.2 Å². The number of H-pyrrole nitrogens is 1. The lowest BCUT2D eigenvalue weighted by atomic mass is 10.2. The molecular weight excluding hydrogens is 282 g/mol. The minimum atomic E-state index is -0.438. The molecule has 1 aromatic carbocycles. The first-order chi connectivity index (χ1) is 10.6. The Bertz CT molecular complexity index is 704. The molecule has 6 nitrogen and oxygen atoms in total. The van der Waals surface area contributed by atoms with Gasteiger partial charge in [-0.15, -0.1) is 0 Å². The number of rotatable bonds is 6. The second kappa shape index (κ2) is 7.40. The van der Waals surface area contributed by atoms with Crippen molar-refractivity contribution in [3.05, 3.63) is 41.7 Å². The van der Waals surface area contributed by atoms with E-state index < -0.39 is 5.97 Å². The van der Waals surface area contributed by atoms with Gasteiger partial charge in [0.15, 0.2) is 0 Å². The molecule has 22 heavy (non-hydrogen) atoms. The van der Waals surface area contributed by atoms with Gasteiger partial charge in [-0.3, -0.25) is 4.79 Å². The summed E-state index contributed by atoms with van der Waals surface area (Å²) in [4.78, 5) is 30.3. The molecule has 0 spiro atoms. The topological polar surface area (TPSA) is 84.1 Å². The number of carbonyl (C=O) groups is 2. The van der Waals surface area contributed by atoms with Crippen LogP contribution in [0.4, 0.5) is 0 Å². The molecule has 0 saturated heterocycles. The maximum Gasteiger partial charge on any atom is 0.330 e. The molecule has 0 bridgehead atoms. The summed E-state index contributed by atoms with van der Waals surface area (Å²) in [6.07, 6.45) is 3.71. The quantitative estimate of drug-likeness (QED) is 0.627. The van der Waals surface area contributed by atoms with Crippen molar-refractivity contribution in [2.24, 2.45) is 0 Å². The lowest BCUT2D eigenvalue weighted by molar-refractivity contribution is -0.134. The number of aryl methyl sites for hydroxylation is 2. The van der Waals surface area contributed by atoms with Crippen LogP contribution >= 0.6 is 0 Å². The number of methoxy groups -OCH3 is 1. The zero-order valence-corrected chi connectivity index (χ0v) is 12.7. The van der Waals surface area contributed by atoms with Crippen LogP contribution in [0.15, 0.2) is 30.4 Å². The molecule has 0 aliphatic carbocycles. The second-order valence-electron chi connectivity index (χ2n) is 4.88. The monoisotopic (exact) mass is 301 g/mol. The number of fused-ring (bicyclic) bond motifs is 1. The van der Waals surface area contributed by atoms with E-state index in [4.69, 9.17) is 0 Å². The lowest BCUT2D eigenvalue weighted by Crippen LogP contribution is -2.23. The molecule has 2 aromatic rings. The molecule has 1 heterocycles. The van der Waals surface area contributed by atoms with Crippen LogP contribution in [0.2, 0.25) is 0 Å². The molecule has 1 aromatic heterocycles. The van der Waals surface area contributed by atoms with Crippen LogP contribution in [-0.2, 0) is 20.7 Å². The Balaban J connectivity index is 1.81. The van der Waals surface area contributed by atoms with Gasteiger partial charge in [-0.05, 0) is 18.6 Å². The van der Waals surface area contributed by atoms with Crippen LogP contribution in [-0.4, -0.2) is 35.5 Å². The van der Waals surface area contributed by atoms with Crippen molar-refractivity contribution < 1.29 is 14.3 Å². The van der Waals surface area contributed by atoms with Gasteiger partial charge in [-0.1, -0.05) is 18.2 Å². The first-order valence-electron chi connectivity index (χ1n) is 7.05. The van der Waals surface area contributed by atoms with Crippen LogP contribution in [0.3, 0.4) is 0 Å². The number of hydrogen-bond acceptors (Lipinski definition) is 4. The highest BCUT2D eigenvalue weighted by molar-refractivity contribution is 5.82. The number of para-hydroxylation sites is 1. The van der Waals surface area contributed by atoms with E-state index in [1.807, 2.05) is 25.1 Å². The van der Waals surface area contributed by atoms with Crippen LogP contribution in [0.1, 0.15) is 17.8 Å². The van der Waals surface area contributed by atoms with E-state index in [2.05, 4.69) is 20.0 Å². The number of carbonyl (C=O) groups excluding carboxylic acids is 2. The lowest BCUT2D eigenvalue weighted by Gasteiger charge is -2.00. The van der Waals surface area contributed by atoms with Crippen molar-refractivity contribution in [3.63, 3.8) is 0 Å². The van der Waals surface area contributed by atoms with Gasteiger partial charge >= 0.3 is 5.97 Å². The number of esters is 1. The number of aromatic amines is 1.